The highest BCUT2D eigenvalue weighted by molar-refractivity contribution is 7.09. The lowest BCUT2D eigenvalue weighted by Crippen LogP contribution is -2.07. The van der Waals surface area contributed by atoms with Gasteiger partial charge in [0.05, 0.1) is 10.7 Å². The van der Waals surface area contributed by atoms with Crippen molar-refractivity contribution in [1.29, 1.82) is 0 Å². The molecule has 5 nitrogen and oxygen atoms in total. The molecule has 2 heterocycles. The predicted molar refractivity (Wildman–Crippen MR) is 76.5 cm³/mol. The second-order valence-corrected chi connectivity index (χ2v) is 5.55. The van der Waals surface area contributed by atoms with Crippen LogP contribution in [0.5, 0.6) is 17.2 Å². The molecule has 0 bridgehead atoms. The molecular weight excluding hydrogens is 276 g/mol. The molecule has 6 heteroatoms. The van der Waals surface area contributed by atoms with Crippen LogP contribution in [0.25, 0.3) is 0 Å². The van der Waals surface area contributed by atoms with E-state index in [1.165, 1.54) is 0 Å². The molecular formula is C14H16N2O3S. The summed E-state index contributed by atoms with van der Waals surface area (Å²) in [4.78, 5) is 4.40. The van der Waals surface area contributed by atoms with E-state index in [0.29, 0.717) is 13.2 Å². The summed E-state index contributed by atoms with van der Waals surface area (Å²) in [6.45, 7) is 3.42. The van der Waals surface area contributed by atoms with Gasteiger partial charge in [0.1, 0.15) is 12.4 Å². The largest absolute Gasteiger partial charge is 0.487 e. The highest BCUT2D eigenvalue weighted by Gasteiger charge is 2.18. The Hall–Kier alpha value is -1.79. The molecule has 1 N–H and O–H groups in total. The van der Waals surface area contributed by atoms with Crippen LogP contribution in [0.4, 0.5) is 0 Å². The van der Waals surface area contributed by atoms with Crippen LogP contribution in [0.2, 0.25) is 0 Å². The molecule has 0 atom stereocenters. The van der Waals surface area contributed by atoms with E-state index in [9.17, 15) is 0 Å². The maximum Gasteiger partial charge on any atom is 0.231 e. The summed E-state index contributed by atoms with van der Waals surface area (Å²) in [7, 11) is 1.90. The van der Waals surface area contributed by atoms with Gasteiger partial charge in [-0.05, 0) is 20.0 Å². The molecule has 0 saturated heterocycles. The second kappa shape index (κ2) is 5.68. The van der Waals surface area contributed by atoms with Gasteiger partial charge in [0, 0.05) is 23.6 Å². The number of aryl methyl sites for hydroxylation is 1. The van der Waals surface area contributed by atoms with Crippen molar-refractivity contribution in [3.05, 3.63) is 33.8 Å². The van der Waals surface area contributed by atoms with E-state index in [2.05, 4.69) is 10.3 Å². The Kier molecular flexibility index (Phi) is 3.75. The molecule has 0 spiro atoms. The van der Waals surface area contributed by atoms with Crippen molar-refractivity contribution >= 4 is 11.3 Å². The fourth-order valence-electron chi connectivity index (χ4n) is 2.05. The first-order valence-electron chi connectivity index (χ1n) is 6.37. The number of hydrogen-bond donors (Lipinski definition) is 1. The fraction of sp³-hybridized carbons (Fsp3) is 0.357. The third-order valence-electron chi connectivity index (χ3n) is 2.97. The van der Waals surface area contributed by atoms with E-state index in [1.807, 2.05) is 31.5 Å². The van der Waals surface area contributed by atoms with Crippen LogP contribution in [-0.2, 0) is 13.2 Å². The molecule has 1 aliphatic rings. The van der Waals surface area contributed by atoms with E-state index < -0.39 is 0 Å². The Morgan fingerprint density at radius 1 is 1.35 bits per heavy atom. The number of rotatable bonds is 5. The van der Waals surface area contributed by atoms with Crippen LogP contribution in [0.15, 0.2) is 17.5 Å². The molecule has 0 aliphatic carbocycles. The highest BCUT2D eigenvalue weighted by Crippen LogP contribution is 2.38. The molecule has 0 radical (unpaired) electrons. The van der Waals surface area contributed by atoms with E-state index in [-0.39, 0.29) is 6.79 Å². The summed E-state index contributed by atoms with van der Waals surface area (Å²) in [6, 6.07) is 3.84. The Morgan fingerprint density at radius 3 is 2.85 bits per heavy atom. The standard InChI is InChI=1S/C14H16N2O3S/c1-9-16-11(7-20-9)6-17-12-4-14-13(18-8-19-14)3-10(12)5-15-2/h3-4,7,15H,5-6,8H2,1-2H3. The molecule has 1 aromatic carbocycles. The number of benzene rings is 1. The van der Waals surface area contributed by atoms with E-state index in [1.54, 1.807) is 11.3 Å². The lowest BCUT2D eigenvalue weighted by Gasteiger charge is -2.11. The SMILES string of the molecule is CNCc1cc2c(cc1OCc1csc(C)n1)OCO2. The van der Waals surface area contributed by atoms with Crippen LogP contribution >= 0.6 is 11.3 Å². The molecule has 0 amide bonds. The molecule has 2 aromatic rings. The lowest BCUT2D eigenvalue weighted by molar-refractivity contribution is 0.173. The van der Waals surface area contributed by atoms with Gasteiger partial charge in [-0.2, -0.15) is 0 Å². The number of nitrogens with one attached hydrogen (secondary N) is 1. The number of fused-ring (bicyclic) bond motifs is 1. The van der Waals surface area contributed by atoms with Crippen molar-refractivity contribution in [2.75, 3.05) is 13.8 Å². The molecule has 0 unspecified atom stereocenters. The third-order valence-corrected chi connectivity index (χ3v) is 3.79. The minimum absolute atomic E-state index is 0.267. The number of ether oxygens (including phenoxy) is 3. The molecule has 106 valence electrons. The second-order valence-electron chi connectivity index (χ2n) is 4.49. The van der Waals surface area contributed by atoms with Crippen LogP contribution < -0.4 is 19.5 Å². The summed E-state index contributed by atoms with van der Waals surface area (Å²) in [5, 5.41) is 6.19. The summed E-state index contributed by atoms with van der Waals surface area (Å²) in [5.41, 5.74) is 1.99. The predicted octanol–water partition coefficient (Wildman–Crippen LogP) is 2.48. The Morgan fingerprint density at radius 2 is 2.15 bits per heavy atom. The van der Waals surface area contributed by atoms with E-state index in [4.69, 9.17) is 14.2 Å². The summed E-state index contributed by atoms with van der Waals surface area (Å²) >= 11 is 1.63. The monoisotopic (exact) mass is 292 g/mol. The van der Waals surface area contributed by atoms with Gasteiger partial charge in [-0.15, -0.1) is 11.3 Å². The van der Waals surface area contributed by atoms with Crippen LogP contribution in [0.1, 0.15) is 16.3 Å². The van der Waals surface area contributed by atoms with Crippen LogP contribution in [0, 0.1) is 6.92 Å². The molecule has 1 aliphatic heterocycles. The summed E-state index contributed by atoms with van der Waals surface area (Å²) in [6.07, 6.45) is 0. The number of hydrogen-bond acceptors (Lipinski definition) is 6. The zero-order valence-electron chi connectivity index (χ0n) is 11.4. The quantitative estimate of drug-likeness (QED) is 0.917. The number of aromatic nitrogens is 1. The smallest absolute Gasteiger partial charge is 0.231 e. The minimum atomic E-state index is 0.267. The van der Waals surface area contributed by atoms with Crippen molar-refractivity contribution in [3.63, 3.8) is 0 Å². The first-order valence-corrected chi connectivity index (χ1v) is 7.25. The Balaban J connectivity index is 1.80. The van der Waals surface area contributed by atoms with Gasteiger partial charge in [-0.25, -0.2) is 4.98 Å². The normalized spacial score (nSPS) is 12.7. The topological polar surface area (TPSA) is 52.6 Å². The first kappa shape index (κ1) is 13.2. The van der Waals surface area contributed by atoms with Gasteiger partial charge in [0.15, 0.2) is 11.5 Å². The zero-order chi connectivity index (χ0) is 13.9. The molecule has 20 heavy (non-hydrogen) atoms. The van der Waals surface area contributed by atoms with Crippen molar-refractivity contribution in [2.24, 2.45) is 0 Å². The highest BCUT2D eigenvalue weighted by atomic mass is 32.1. The molecule has 0 saturated carbocycles. The summed E-state index contributed by atoms with van der Waals surface area (Å²) < 4.78 is 16.7. The van der Waals surface area contributed by atoms with Gasteiger partial charge in [0.2, 0.25) is 6.79 Å². The fourth-order valence-corrected chi connectivity index (χ4v) is 2.65. The van der Waals surface area contributed by atoms with Gasteiger partial charge in [-0.3, -0.25) is 0 Å². The number of nitrogens with zero attached hydrogens (tertiary/aromatic N) is 1. The van der Waals surface area contributed by atoms with Gasteiger partial charge in [0.25, 0.3) is 0 Å². The maximum absolute atomic E-state index is 5.88. The summed E-state index contributed by atoms with van der Waals surface area (Å²) in [5.74, 6) is 2.30. The van der Waals surface area contributed by atoms with Crippen LogP contribution in [-0.4, -0.2) is 18.8 Å². The average Bonchev–Trinajstić information content (AvgIpc) is 3.04. The first-order chi connectivity index (χ1) is 9.76. The third kappa shape index (κ3) is 2.71. The van der Waals surface area contributed by atoms with Crippen LogP contribution in [0.3, 0.4) is 0 Å². The maximum atomic E-state index is 5.88. The Labute approximate surface area is 121 Å². The van der Waals surface area contributed by atoms with E-state index >= 15 is 0 Å². The van der Waals surface area contributed by atoms with E-state index in [0.717, 1.165) is 33.5 Å². The van der Waals surface area contributed by atoms with Crippen molar-refractivity contribution in [1.82, 2.24) is 10.3 Å². The van der Waals surface area contributed by atoms with Crippen molar-refractivity contribution in [2.45, 2.75) is 20.1 Å². The van der Waals surface area contributed by atoms with Gasteiger partial charge >= 0.3 is 0 Å². The number of thiazole rings is 1. The molecule has 0 fully saturated rings. The lowest BCUT2D eigenvalue weighted by atomic mass is 10.1. The Bertz CT molecular complexity index is 612. The minimum Gasteiger partial charge on any atom is -0.487 e. The molecule has 3 rings (SSSR count). The van der Waals surface area contributed by atoms with Crippen molar-refractivity contribution < 1.29 is 14.2 Å². The van der Waals surface area contributed by atoms with Gasteiger partial charge < -0.3 is 19.5 Å². The average molecular weight is 292 g/mol. The van der Waals surface area contributed by atoms with Crippen molar-refractivity contribution in [3.8, 4) is 17.2 Å². The van der Waals surface area contributed by atoms with Gasteiger partial charge in [-0.1, -0.05) is 0 Å². The zero-order valence-corrected chi connectivity index (χ0v) is 12.3. The molecule has 1 aromatic heterocycles.